The maximum Gasteiger partial charge on any atom is 0.416 e. The number of amides is 2. The van der Waals surface area contributed by atoms with Crippen LogP contribution in [0.3, 0.4) is 0 Å². The predicted octanol–water partition coefficient (Wildman–Crippen LogP) is 4.23. The molecule has 2 aromatic rings. The first kappa shape index (κ1) is 24.7. The fourth-order valence-corrected chi connectivity index (χ4v) is 3.95. The standard InChI is InChI=1S/C24H29F3N4O2/c1-15-3-8-21(29-12-15)31-22(32)14-28-20-6-4-17(5-7-20)13-30-23(33)18-9-16(2)10-19(11-18)24(25,26)27/h3,8-12,17,20,28H,4-7,13-14H2,1-2H3,(H,30,33)(H,29,31,32). The molecule has 0 aliphatic heterocycles. The zero-order valence-electron chi connectivity index (χ0n) is 18.8. The Morgan fingerprint density at radius 1 is 1.03 bits per heavy atom. The molecule has 9 heteroatoms. The molecular formula is C24H29F3N4O2. The van der Waals surface area contributed by atoms with Crippen LogP contribution >= 0.6 is 0 Å². The average molecular weight is 463 g/mol. The van der Waals surface area contributed by atoms with Gasteiger partial charge in [0, 0.05) is 24.3 Å². The van der Waals surface area contributed by atoms with E-state index >= 15 is 0 Å². The van der Waals surface area contributed by atoms with Crippen molar-refractivity contribution in [1.29, 1.82) is 0 Å². The third-order valence-corrected chi connectivity index (χ3v) is 5.80. The van der Waals surface area contributed by atoms with Gasteiger partial charge < -0.3 is 16.0 Å². The van der Waals surface area contributed by atoms with Gasteiger partial charge in [0.2, 0.25) is 5.91 Å². The van der Waals surface area contributed by atoms with Crippen LogP contribution in [-0.4, -0.2) is 35.9 Å². The lowest BCUT2D eigenvalue weighted by Gasteiger charge is -2.29. The highest BCUT2D eigenvalue weighted by Crippen LogP contribution is 2.30. The van der Waals surface area contributed by atoms with Crippen molar-refractivity contribution >= 4 is 17.6 Å². The molecule has 1 aliphatic carbocycles. The van der Waals surface area contributed by atoms with Gasteiger partial charge in [-0.25, -0.2) is 4.98 Å². The maximum absolute atomic E-state index is 13.0. The monoisotopic (exact) mass is 462 g/mol. The average Bonchev–Trinajstić information content (AvgIpc) is 2.77. The minimum absolute atomic E-state index is 0.0201. The molecule has 0 saturated heterocycles. The number of pyridine rings is 1. The number of nitrogens with one attached hydrogen (secondary N) is 3. The SMILES string of the molecule is Cc1ccc(NC(=O)CNC2CCC(CNC(=O)c3cc(C)cc(C(F)(F)F)c3)CC2)nc1. The Kier molecular flexibility index (Phi) is 8.07. The maximum atomic E-state index is 13.0. The van der Waals surface area contributed by atoms with Crippen molar-refractivity contribution in [2.45, 2.75) is 51.7 Å². The van der Waals surface area contributed by atoms with Gasteiger partial charge in [-0.2, -0.15) is 13.2 Å². The first-order valence-electron chi connectivity index (χ1n) is 11.0. The second-order valence-corrected chi connectivity index (χ2v) is 8.66. The lowest BCUT2D eigenvalue weighted by molar-refractivity contribution is -0.137. The zero-order valence-corrected chi connectivity index (χ0v) is 18.8. The van der Waals surface area contributed by atoms with Gasteiger partial charge in [0.1, 0.15) is 5.82 Å². The molecule has 1 saturated carbocycles. The van der Waals surface area contributed by atoms with Crippen molar-refractivity contribution in [3.05, 3.63) is 58.8 Å². The van der Waals surface area contributed by atoms with Gasteiger partial charge in [-0.1, -0.05) is 6.07 Å². The summed E-state index contributed by atoms with van der Waals surface area (Å²) in [5.41, 5.74) is 0.612. The fourth-order valence-electron chi connectivity index (χ4n) is 3.95. The number of aromatic nitrogens is 1. The van der Waals surface area contributed by atoms with Crippen molar-refractivity contribution < 1.29 is 22.8 Å². The number of hydrogen-bond donors (Lipinski definition) is 3. The van der Waals surface area contributed by atoms with E-state index in [1.54, 1.807) is 12.3 Å². The lowest BCUT2D eigenvalue weighted by Crippen LogP contribution is -2.40. The summed E-state index contributed by atoms with van der Waals surface area (Å²) in [6.45, 7) is 4.07. The lowest BCUT2D eigenvalue weighted by atomic mass is 9.86. The number of anilines is 1. The Balaban J connectivity index is 1.39. The third-order valence-electron chi connectivity index (χ3n) is 5.80. The highest BCUT2D eigenvalue weighted by molar-refractivity contribution is 5.94. The molecule has 3 rings (SSSR count). The van der Waals surface area contributed by atoms with Crippen LogP contribution < -0.4 is 16.0 Å². The van der Waals surface area contributed by atoms with Crippen LogP contribution in [-0.2, 0) is 11.0 Å². The molecule has 1 aromatic carbocycles. The van der Waals surface area contributed by atoms with Gasteiger partial charge in [-0.15, -0.1) is 0 Å². The van der Waals surface area contributed by atoms with Crippen LogP contribution in [0, 0.1) is 19.8 Å². The van der Waals surface area contributed by atoms with Crippen LogP contribution in [0.4, 0.5) is 19.0 Å². The summed E-state index contributed by atoms with van der Waals surface area (Å²) in [4.78, 5) is 28.6. The highest BCUT2D eigenvalue weighted by atomic mass is 19.4. The molecule has 1 aliphatic rings. The molecule has 33 heavy (non-hydrogen) atoms. The number of halogens is 3. The van der Waals surface area contributed by atoms with Crippen molar-refractivity contribution in [3.8, 4) is 0 Å². The summed E-state index contributed by atoms with van der Waals surface area (Å²) >= 11 is 0. The van der Waals surface area contributed by atoms with Crippen molar-refractivity contribution in [1.82, 2.24) is 15.6 Å². The Morgan fingerprint density at radius 3 is 2.39 bits per heavy atom. The Hall–Kier alpha value is -2.94. The second-order valence-electron chi connectivity index (χ2n) is 8.66. The van der Waals surface area contributed by atoms with Gasteiger partial charge in [-0.3, -0.25) is 9.59 Å². The minimum atomic E-state index is -4.49. The highest BCUT2D eigenvalue weighted by Gasteiger charge is 2.31. The number of hydrogen-bond acceptors (Lipinski definition) is 4. The smallest absolute Gasteiger partial charge is 0.352 e. The van der Waals surface area contributed by atoms with E-state index in [4.69, 9.17) is 0 Å². The number of nitrogens with zero attached hydrogens (tertiary/aromatic N) is 1. The normalized spacial score (nSPS) is 18.6. The van der Waals surface area contributed by atoms with Crippen molar-refractivity contribution in [2.75, 3.05) is 18.4 Å². The van der Waals surface area contributed by atoms with Gasteiger partial charge in [0.05, 0.1) is 12.1 Å². The summed E-state index contributed by atoms with van der Waals surface area (Å²) in [6, 6.07) is 7.23. The van der Waals surface area contributed by atoms with Gasteiger partial charge >= 0.3 is 6.18 Å². The largest absolute Gasteiger partial charge is 0.416 e. The molecule has 0 radical (unpaired) electrons. The Labute approximate surface area is 191 Å². The summed E-state index contributed by atoms with van der Waals surface area (Å²) in [5, 5.41) is 8.78. The number of benzene rings is 1. The van der Waals surface area contributed by atoms with E-state index in [0.29, 0.717) is 17.9 Å². The van der Waals surface area contributed by atoms with Crippen LogP contribution in [0.2, 0.25) is 0 Å². The number of carbonyl (C=O) groups is 2. The molecule has 0 spiro atoms. The molecule has 1 fully saturated rings. The number of alkyl halides is 3. The number of carbonyl (C=O) groups excluding carboxylic acids is 2. The van der Waals surface area contributed by atoms with E-state index in [0.717, 1.165) is 43.4 Å². The quantitative estimate of drug-likeness (QED) is 0.575. The summed E-state index contributed by atoms with van der Waals surface area (Å²) in [6.07, 6.45) is 0.650. The summed E-state index contributed by atoms with van der Waals surface area (Å²) < 4.78 is 39.0. The van der Waals surface area contributed by atoms with E-state index in [1.807, 2.05) is 13.0 Å². The minimum Gasteiger partial charge on any atom is -0.352 e. The first-order chi connectivity index (χ1) is 15.6. The van der Waals surface area contributed by atoms with Crippen LogP contribution in [0.25, 0.3) is 0 Å². The fraction of sp³-hybridized carbons (Fsp3) is 0.458. The molecule has 0 atom stereocenters. The number of rotatable bonds is 7. The van der Waals surface area contributed by atoms with Gasteiger partial charge in [-0.05, 0) is 80.8 Å². The molecule has 2 amide bonds. The Morgan fingerprint density at radius 2 is 1.76 bits per heavy atom. The van der Waals surface area contributed by atoms with Gasteiger partial charge in [0.25, 0.3) is 5.91 Å². The molecule has 1 heterocycles. The first-order valence-corrected chi connectivity index (χ1v) is 11.0. The molecular weight excluding hydrogens is 433 g/mol. The molecule has 6 nitrogen and oxygen atoms in total. The van der Waals surface area contributed by atoms with E-state index in [1.165, 1.54) is 13.0 Å². The molecule has 3 N–H and O–H groups in total. The topological polar surface area (TPSA) is 83.1 Å². The molecule has 0 bridgehead atoms. The van der Waals surface area contributed by atoms with Crippen molar-refractivity contribution in [2.24, 2.45) is 5.92 Å². The van der Waals surface area contributed by atoms with Crippen LogP contribution in [0.15, 0.2) is 36.5 Å². The molecule has 0 unspecified atom stereocenters. The second kappa shape index (κ2) is 10.8. The summed E-state index contributed by atoms with van der Waals surface area (Å²) in [5.74, 6) is 0.121. The van der Waals surface area contributed by atoms with Gasteiger partial charge in [0.15, 0.2) is 0 Å². The zero-order chi connectivity index (χ0) is 24.0. The predicted molar refractivity (Wildman–Crippen MR) is 120 cm³/mol. The van der Waals surface area contributed by atoms with E-state index in [9.17, 15) is 22.8 Å². The van der Waals surface area contributed by atoms with Crippen molar-refractivity contribution in [3.63, 3.8) is 0 Å². The third kappa shape index (κ3) is 7.56. The summed E-state index contributed by atoms with van der Waals surface area (Å²) in [7, 11) is 0. The van der Waals surface area contributed by atoms with Crippen LogP contribution in [0.5, 0.6) is 0 Å². The van der Waals surface area contributed by atoms with Crippen LogP contribution in [0.1, 0.15) is 52.7 Å². The van der Waals surface area contributed by atoms with E-state index in [-0.39, 0.29) is 30.0 Å². The van der Waals surface area contributed by atoms with E-state index in [2.05, 4.69) is 20.9 Å². The molecule has 1 aromatic heterocycles. The Bertz CT molecular complexity index is 969. The van der Waals surface area contributed by atoms with E-state index < -0.39 is 17.6 Å². The number of aryl methyl sites for hydroxylation is 2. The molecule has 178 valence electrons.